The highest BCUT2D eigenvalue weighted by Gasteiger charge is 2.51. The molecule has 140 valence electrons. The SMILES string of the molecule is CC(C)(C)[Si](C)(C)O[C@@H]1[C@@H](O[Si](C)(C)C(C)(C)C)CN(O)[C@H]1C#N. The van der Waals surface area contributed by atoms with E-state index in [1.54, 1.807) is 0 Å². The Bertz CT molecular complexity index is 490. The van der Waals surface area contributed by atoms with Crippen molar-refractivity contribution < 1.29 is 14.1 Å². The fraction of sp³-hybridized carbons (Fsp3) is 0.941. The predicted octanol–water partition coefficient (Wildman–Crippen LogP) is 4.36. The molecule has 1 heterocycles. The highest BCUT2D eigenvalue weighted by atomic mass is 28.4. The minimum Gasteiger partial charge on any atom is -0.410 e. The second kappa shape index (κ2) is 6.82. The topological polar surface area (TPSA) is 65.7 Å². The van der Waals surface area contributed by atoms with Gasteiger partial charge < -0.3 is 14.1 Å². The van der Waals surface area contributed by atoms with Gasteiger partial charge in [0.05, 0.1) is 18.7 Å². The van der Waals surface area contributed by atoms with E-state index in [1.165, 1.54) is 0 Å². The van der Waals surface area contributed by atoms with E-state index in [4.69, 9.17) is 8.85 Å². The Kier molecular flexibility index (Phi) is 6.20. The zero-order chi connectivity index (χ0) is 19.1. The Morgan fingerprint density at radius 3 is 1.75 bits per heavy atom. The molecular weight excluding hydrogens is 336 g/mol. The Morgan fingerprint density at radius 1 is 0.958 bits per heavy atom. The lowest BCUT2D eigenvalue weighted by Gasteiger charge is -2.43. The van der Waals surface area contributed by atoms with Crippen LogP contribution in [0.25, 0.3) is 0 Å². The van der Waals surface area contributed by atoms with Gasteiger partial charge in [-0.2, -0.15) is 10.3 Å². The van der Waals surface area contributed by atoms with Gasteiger partial charge in [0.1, 0.15) is 12.1 Å². The Balaban J connectivity index is 3.09. The molecule has 0 aromatic carbocycles. The summed E-state index contributed by atoms with van der Waals surface area (Å²) in [4.78, 5) is 0. The van der Waals surface area contributed by atoms with Crippen LogP contribution in [0, 0.1) is 11.3 Å². The maximum Gasteiger partial charge on any atom is 0.192 e. The molecule has 1 aliphatic rings. The maximum atomic E-state index is 10.2. The zero-order valence-corrected chi connectivity index (χ0v) is 19.1. The smallest absolute Gasteiger partial charge is 0.192 e. The van der Waals surface area contributed by atoms with Gasteiger partial charge in [0.15, 0.2) is 16.6 Å². The van der Waals surface area contributed by atoms with Crippen LogP contribution in [0.2, 0.25) is 36.3 Å². The molecule has 0 aromatic heterocycles. The average molecular weight is 373 g/mol. The van der Waals surface area contributed by atoms with Crippen molar-refractivity contribution in [3.63, 3.8) is 0 Å². The molecule has 1 saturated heterocycles. The van der Waals surface area contributed by atoms with Gasteiger partial charge >= 0.3 is 0 Å². The first-order chi connectivity index (χ1) is 10.5. The Labute approximate surface area is 150 Å². The van der Waals surface area contributed by atoms with E-state index in [-0.39, 0.29) is 16.2 Å². The summed E-state index contributed by atoms with van der Waals surface area (Å²) in [7, 11) is -4.09. The molecule has 0 aromatic rings. The van der Waals surface area contributed by atoms with E-state index in [0.29, 0.717) is 6.54 Å². The largest absolute Gasteiger partial charge is 0.410 e. The molecule has 1 rings (SSSR count). The minimum absolute atomic E-state index is 0.0391. The van der Waals surface area contributed by atoms with Gasteiger partial charge in [-0.1, -0.05) is 41.5 Å². The van der Waals surface area contributed by atoms with Crippen LogP contribution in [0.5, 0.6) is 0 Å². The quantitative estimate of drug-likeness (QED) is 0.743. The van der Waals surface area contributed by atoms with Gasteiger partial charge in [-0.25, -0.2) is 0 Å². The number of hydroxylamine groups is 2. The Hall–Kier alpha value is -0.236. The minimum atomic E-state index is -2.07. The molecule has 0 saturated carbocycles. The lowest BCUT2D eigenvalue weighted by atomic mass is 10.2. The summed E-state index contributed by atoms with van der Waals surface area (Å²) in [6.07, 6.45) is -0.676. The molecule has 3 atom stereocenters. The number of hydrogen-bond acceptors (Lipinski definition) is 5. The van der Waals surface area contributed by atoms with Crippen molar-refractivity contribution in [2.45, 2.75) is 96.1 Å². The Morgan fingerprint density at radius 2 is 1.38 bits per heavy atom. The van der Waals surface area contributed by atoms with E-state index in [9.17, 15) is 10.5 Å². The summed E-state index contributed by atoms with van der Waals surface area (Å²) in [6.45, 7) is 22.2. The number of rotatable bonds is 4. The average Bonchev–Trinajstić information content (AvgIpc) is 2.60. The lowest BCUT2D eigenvalue weighted by molar-refractivity contribution is -0.0986. The van der Waals surface area contributed by atoms with Crippen molar-refractivity contribution in [1.29, 1.82) is 5.26 Å². The second-order valence-corrected chi connectivity index (χ2v) is 19.5. The van der Waals surface area contributed by atoms with Crippen LogP contribution < -0.4 is 0 Å². The first-order valence-corrected chi connectivity index (χ1v) is 14.6. The first-order valence-electron chi connectivity index (χ1n) is 8.74. The molecule has 1 aliphatic heterocycles. The third-order valence-electron chi connectivity index (χ3n) is 5.99. The van der Waals surface area contributed by atoms with Crippen molar-refractivity contribution in [2.24, 2.45) is 0 Å². The summed E-state index contributed by atoms with van der Waals surface area (Å²) in [5, 5.41) is 20.9. The molecule has 0 radical (unpaired) electrons. The molecule has 24 heavy (non-hydrogen) atoms. The summed E-state index contributed by atoms with van der Waals surface area (Å²) < 4.78 is 13.0. The fourth-order valence-corrected chi connectivity index (χ4v) is 4.87. The van der Waals surface area contributed by atoms with Crippen molar-refractivity contribution >= 4 is 16.6 Å². The number of nitrogens with zero attached hydrogens (tertiary/aromatic N) is 2. The predicted molar refractivity (Wildman–Crippen MR) is 102 cm³/mol. The molecular formula is C17H36N2O3Si2. The first kappa shape index (κ1) is 21.8. The molecule has 1 N–H and O–H groups in total. The fourth-order valence-electron chi connectivity index (χ4n) is 2.23. The van der Waals surface area contributed by atoms with E-state index in [2.05, 4.69) is 73.8 Å². The van der Waals surface area contributed by atoms with Crippen molar-refractivity contribution in [3.8, 4) is 6.07 Å². The van der Waals surface area contributed by atoms with Crippen LogP contribution >= 0.6 is 0 Å². The maximum absolute atomic E-state index is 10.2. The molecule has 0 unspecified atom stereocenters. The number of hydrogen-bond donors (Lipinski definition) is 1. The van der Waals surface area contributed by atoms with Gasteiger partial charge in [-0.3, -0.25) is 0 Å². The summed E-state index contributed by atoms with van der Waals surface area (Å²) in [6, 6.07) is 1.53. The van der Waals surface area contributed by atoms with Crippen LogP contribution in [-0.2, 0) is 8.85 Å². The zero-order valence-electron chi connectivity index (χ0n) is 17.1. The highest BCUT2D eigenvalue weighted by Crippen LogP contribution is 2.42. The molecule has 1 fully saturated rings. The lowest BCUT2D eigenvalue weighted by Crippen LogP contribution is -2.52. The van der Waals surface area contributed by atoms with Gasteiger partial charge in [-0.15, -0.1) is 0 Å². The molecule has 7 heteroatoms. The van der Waals surface area contributed by atoms with Crippen LogP contribution in [0.1, 0.15) is 41.5 Å². The molecule has 0 spiro atoms. The van der Waals surface area contributed by atoms with Crippen LogP contribution in [0.15, 0.2) is 0 Å². The second-order valence-electron chi connectivity index (χ2n) is 9.96. The van der Waals surface area contributed by atoms with Gasteiger partial charge in [0.25, 0.3) is 0 Å². The standard InChI is InChI=1S/C17H36N2O3Si2/c1-16(2,3)23(7,8)21-14-12-19(20)13(11-18)15(14)22-24(9,10)17(4,5)6/h13-15,20H,12H2,1-10H3/t13-,14-,15-/m0/s1. The van der Waals surface area contributed by atoms with Crippen LogP contribution in [0.4, 0.5) is 0 Å². The third kappa shape index (κ3) is 4.48. The summed E-state index contributed by atoms with van der Waals surface area (Å²) >= 11 is 0. The van der Waals surface area contributed by atoms with Crippen molar-refractivity contribution in [1.82, 2.24) is 5.06 Å². The monoisotopic (exact) mass is 372 g/mol. The van der Waals surface area contributed by atoms with E-state index < -0.39 is 28.8 Å². The van der Waals surface area contributed by atoms with Gasteiger partial charge in [0.2, 0.25) is 0 Å². The van der Waals surface area contributed by atoms with Crippen LogP contribution in [-0.4, -0.2) is 51.7 Å². The highest BCUT2D eigenvalue weighted by molar-refractivity contribution is 6.74. The van der Waals surface area contributed by atoms with Crippen molar-refractivity contribution in [2.75, 3.05) is 6.54 Å². The molecule has 0 amide bonds. The van der Waals surface area contributed by atoms with Crippen molar-refractivity contribution in [3.05, 3.63) is 0 Å². The molecule has 5 nitrogen and oxygen atoms in total. The normalized spacial score (nSPS) is 27.3. The summed E-state index contributed by atoms with van der Waals surface area (Å²) in [5.74, 6) is 0. The van der Waals surface area contributed by atoms with Gasteiger partial charge in [-0.05, 0) is 36.3 Å². The number of nitriles is 1. The third-order valence-corrected chi connectivity index (χ3v) is 15.0. The van der Waals surface area contributed by atoms with Gasteiger partial charge in [0, 0.05) is 0 Å². The van der Waals surface area contributed by atoms with E-state index in [0.717, 1.165) is 5.06 Å². The molecule has 0 bridgehead atoms. The van der Waals surface area contributed by atoms with E-state index >= 15 is 0 Å². The molecule has 0 aliphatic carbocycles. The van der Waals surface area contributed by atoms with Crippen LogP contribution in [0.3, 0.4) is 0 Å². The summed E-state index contributed by atoms with van der Waals surface area (Å²) in [5.41, 5.74) is 0. The van der Waals surface area contributed by atoms with E-state index in [1.807, 2.05) is 0 Å².